The van der Waals surface area contributed by atoms with Gasteiger partial charge in [-0.2, -0.15) is 46.5 Å². The highest BCUT2D eigenvalue weighted by atomic mass is 32.2. The van der Waals surface area contributed by atoms with Crippen molar-refractivity contribution in [2.45, 2.75) is 64.3 Å². The molecular weight excluding hydrogens is 889 g/mol. The molecule has 0 radical (unpaired) electrons. The molecule has 6 rings (SSSR count). The summed E-state index contributed by atoms with van der Waals surface area (Å²) in [5, 5.41) is 6.12. The summed E-state index contributed by atoms with van der Waals surface area (Å²) in [6, 6.07) is 9.38. The molecule has 324 valence electrons. The number of hydrogen-bond acceptors (Lipinski definition) is 16. The predicted octanol–water partition coefficient (Wildman–Crippen LogP) is 3.14. The van der Waals surface area contributed by atoms with Crippen molar-refractivity contribution in [3.8, 4) is 41.3 Å². The van der Waals surface area contributed by atoms with Gasteiger partial charge in [-0.05, 0) is 70.0 Å². The molecule has 0 aliphatic carbocycles. The minimum absolute atomic E-state index is 0.0351. The molecule has 3 atom stereocenters. The van der Waals surface area contributed by atoms with Gasteiger partial charge in [0.15, 0.2) is 10.1 Å². The Hall–Kier alpha value is -3.73. The van der Waals surface area contributed by atoms with Gasteiger partial charge in [0, 0.05) is 41.9 Å². The number of hydroxylamine groups is 1. The second kappa shape index (κ2) is 23.5. The summed E-state index contributed by atoms with van der Waals surface area (Å²) in [5.41, 5.74) is 0.750. The van der Waals surface area contributed by atoms with Crippen molar-refractivity contribution >= 4 is 79.5 Å². The maximum atomic E-state index is 12.3. The largest absolute Gasteiger partial charge is 0.481 e. The third-order valence-electron chi connectivity index (χ3n) is 8.57. The van der Waals surface area contributed by atoms with E-state index in [-0.39, 0.29) is 43.8 Å². The van der Waals surface area contributed by atoms with Gasteiger partial charge in [0.2, 0.25) is 0 Å². The molecule has 60 heavy (non-hydrogen) atoms. The fourth-order valence-electron chi connectivity index (χ4n) is 5.39. The molecule has 0 amide bonds. The molecule has 3 aromatic rings. The van der Waals surface area contributed by atoms with E-state index in [9.17, 15) is 25.3 Å². The van der Waals surface area contributed by atoms with Crippen LogP contribution in [0.25, 0.3) is 0 Å². The molecule has 3 unspecified atom stereocenters. The van der Waals surface area contributed by atoms with Crippen molar-refractivity contribution in [1.82, 2.24) is 28.0 Å². The molecule has 3 aliphatic heterocycles. The standard InChI is InChI=1S/C13H17N3O2S2.C13H15NO4S2.C12H16N4O2S2/c1-2-3-7-14-11-4-5-13(15-9-11)20(17,18)16-8-6-12(19)10-16;1-2-3-8-17-11-4-6-13(7-5-11)20(15,16)14-9-12(19)10-18-14;1-2-3-5-13-11-7-15-12(8-14-11)20(17,18)16-6-4-10(19)9-16/h4-5,9,12,14,19H,6-8,10H2,1H3;4-7,12,19H,8-10H2,1H3;7-8,10,19H,4-6,9H2,1H3,(H,13,14). The van der Waals surface area contributed by atoms with Gasteiger partial charge in [0.05, 0.1) is 55.4 Å². The number of thiol groups is 3. The number of nitrogens with one attached hydrogen (secondary N) is 2. The lowest BCUT2D eigenvalue weighted by molar-refractivity contribution is -0.0283. The average Bonchev–Trinajstić information content (AvgIpc) is 4.01. The Morgan fingerprint density at radius 2 is 1.27 bits per heavy atom. The fourth-order valence-corrected chi connectivity index (χ4v) is 10.6. The molecule has 1 aromatic carbocycles. The third kappa shape index (κ3) is 14.2. The Morgan fingerprint density at radius 3 is 1.75 bits per heavy atom. The van der Waals surface area contributed by atoms with E-state index >= 15 is 0 Å². The number of aromatic nitrogens is 3. The van der Waals surface area contributed by atoms with E-state index in [2.05, 4.69) is 99.0 Å². The number of sulfonamides is 3. The zero-order valence-electron chi connectivity index (χ0n) is 33.2. The first-order valence-electron chi connectivity index (χ1n) is 18.5. The lowest BCUT2D eigenvalue weighted by Gasteiger charge is -2.15. The molecule has 3 aliphatic rings. The minimum Gasteiger partial charge on any atom is -0.481 e. The van der Waals surface area contributed by atoms with Gasteiger partial charge >= 0.3 is 0 Å². The van der Waals surface area contributed by atoms with E-state index < -0.39 is 30.1 Å². The van der Waals surface area contributed by atoms with Crippen molar-refractivity contribution < 1.29 is 34.8 Å². The van der Waals surface area contributed by atoms with Crippen LogP contribution in [0.5, 0.6) is 5.75 Å². The van der Waals surface area contributed by atoms with E-state index in [1.54, 1.807) is 39.0 Å². The molecule has 3 fully saturated rings. The fraction of sp³-hybridized carbons (Fsp3) is 0.447. The van der Waals surface area contributed by atoms with E-state index in [1.165, 1.54) is 45.4 Å². The quantitative estimate of drug-likeness (QED) is 0.132. The van der Waals surface area contributed by atoms with Crippen LogP contribution in [0.3, 0.4) is 0 Å². The lowest BCUT2D eigenvalue weighted by Crippen LogP contribution is -2.29. The maximum Gasteiger partial charge on any atom is 0.265 e. The molecule has 0 bridgehead atoms. The molecule has 0 saturated carbocycles. The van der Waals surface area contributed by atoms with E-state index in [1.807, 2.05) is 0 Å². The van der Waals surface area contributed by atoms with E-state index in [0.717, 1.165) is 23.0 Å². The van der Waals surface area contributed by atoms with Crippen molar-refractivity contribution in [3.63, 3.8) is 0 Å². The molecule has 5 heterocycles. The molecule has 2 aromatic heterocycles. The SMILES string of the molecule is CC#CCNc1ccc(S(=O)(=O)N2CCC(S)C2)nc1.CC#CCNc1cnc(S(=O)(=O)N2CCC(S)C2)cn1.CC#CCOc1ccc(S(=O)(=O)N2CC(S)CO2)cc1. The number of pyridine rings is 1. The van der Waals surface area contributed by atoms with Gasteiger partial charge in [0.1, 0.15) is 18.2 Å². The summed E-state index contributed by atoms with van der Waals surface area (Å²) in [6.07, 6.45) is 5.71. The number of benzene rings is 1. The normalized spacial score (nSPS) is 19.4. The van der Waals surface area contributed by atoms with Gasteiger partial charge in [-0.15, -0.1) is 17.8 Å². The lowest BCUT2D eigenvalue weighted by atomic mass is 10.3. The Labute approximate surface area is 370 Å². The molecular formula is C38H48N8O8S6. The highest BCUT2D eigenvalue weighted by Gasteiger charge is 2.34. The van der Waals surface area contributed by atoms with Gasteiger partial charge in [-0.25, -0.2) is 40.2 Å². The first-order valence-corrected chi connectivity index (χ1v) is 24.4. The van der Waals surface area contributed by atoms with Crippen LogP contribution in [0.2, 0.25) is 0 Å². The first kappa shape index (κ1) is 48.9. The van der Waals surface area contributed by atoms with Gasteiger partial charge < -0.3 is 15.4 Å². The highest BCUT2D eigenvalue weighted by molar-refractivity contribution is 7.89. The number of ether oxygens (including phenoxy) is 1. The van der Waals surface area contributed by atoms with Crippen molar-refractivity contribution in [2.24, 2.45) is 0 Å². The Balaban J connectivity index is 0.000000198. The van der Waals surface area contributed by atoms with Gasteiger partial charge in [0.25, 0.3) is 30.1 Å². The number of rotatable bonds is 12. The number of hydrogen-bond donors (Lipinski definition) is 5. The summed E-state index contributed by atoms with van der Waals surface area (Å²) in [6.45, 7) is 8.85. The van der Waals surface area contributed by atoms with E-state index in [4.69, 9.17) is 9.57 Å². The maximum absolute atomic E-state index is 12.3. The van der Waals surface area contributed by atoms with Crippen LogP contribution >= 0.6 is 37.9 Å². The zero-order valence-corrected chi connectivity index (χ0v) is 38.4. The monoisotopic (exact) mass is 936 g/mol. The molecule has 16 nitrogen and oxygen atoms in total. The molecule has 22 heteroatoms. The van der Waals surface area contributed by atoms with Crippen LogP contribution in [-0.4, -0.2) is 128 Å². The first-order chi connectivity index (χ1) is 28.6. The van der Waals surface area contributed by atoms with E-state index in [0.29, 0.717) is 57.4 Å². The summed E-state index contributed by atoms with van der Waals surface area (Å²) >= 11 is 12.8. The van der Waals surface area contributed by atoms with Gasteiger partial charge in [-0.1, -0.05) is 22.2 Å². The van der Waals surface area contributed by atoms with Crippen molar-refractivity contribution in [1.29, 1.82) is 0 Å². The average molecular weight is 937 g/mol. The summed E-state index contributed by atoms with van der Waals surface area (Å²) in [7, 11) is -10.7. The van der Waals surface area contributed by atoms with Crippen LogP contribution in [0.4, 0.5) is 11.5 Å². The topological polar surface area (TPSA) is 193 Å². The smallest absolute Gasteiger partial charge is 0.265 e. The summed E-state index contributed by atoms with van der Waals surface area (Å²) in [5.74, 6) is 17.8. The number of anilines is 2. The minimum atomic E-state index is -3.63. The second-order valence-corrected chi connectivity index (χ2v) is 20.7. The van der Waals surface area contributed by atoms with Gasteiger partial charge in [-0.3, -0.25) is 4.84 Å². The van der Waals surface area contributed by atoms with Crippen LogP contribution in [0.15, 0.2) is 69.9 Å². The summed E-state index contributed by atoms with van der Waals surface area (Å²) in [4.78, 5) is 17.3. The van der Waals surface area contributed by atoms with Crippen molar-refractivity contribution in [3.05, 3.63) is 55.0 Å². The zero-order chi connectivity index (χ0) is 43.8. The molecule has 3 saturated heterocycles. The van der Waals surface area contributed by atoms with Crippen LogP contribution in [0, 0.1) is 35.5 Å². The Bertz CT molecular complexity index is 2120. The Morgan fingerprint density at radius 1 is 0.683 bits per heavy atom. The second-order valence-electron chi connectivity index (χ2n) is 12.9. The third-order valence-corrected chi connectivity index (χ3v) is 14.9. The van der Waals surface area contributed by atoms with Crippen LogP contribution in [-0.2, 0) is 34.9 Å². The predicted molar refractivity (Wildman–Crippen MR) is 240 cm³/mol. The molecule has 2 N–H and O–H groups in total. The van der Waals surface area contributed by atoms with Crippen LogP contribution < -0.4 is 15.4 Å². The van der Waals surface area contributed by atoms with Crippen LogP contribution in [0.1, 0.15) is 33.6 Å². The Kier molecular flexibility index (Phi) is 19.1. The summed E-state index contributed by atoms with van der Waals surface area (Å²) < 4.78 is 82.9. The van der Waals surface area contributed by atoms with Crippen molar-refractivity contribution in [2.75, 3.05) is 69.7 Å². The number of nitrogens with zero attached hydrogens (tertiary/aromatic N) is 6. The molecule has 0 spiro atoms. The highest BCUT2D eigenvalue weighted by Crippen LogP contribution is 2.25.